The Morgan fingerprint density at radius 3 is 2.56 bits per heavy atom. The Kier molecular flexibility index (Phi) is 5.53. The number of methoxy groups -OCH3 is 1. The van der Waals surface area contributed by atoms with Gasteiger partial charge in [-0.15, -0.1) is 0 Å². The van der Waals surface area contributed by atoms with Gasteiger partial charge >= 0.3 is 0 Å². The zero-order valence-corrected chi connectivity index (χ0v) is 14.7. The van der Waals surface area contributed by atoms with Gasteiger partial charge in [0.25, 0.3) is 5.91 Å². The second kappa shape index (κ2) is 8.01. The number of aromatic nitrogens is 1. The first-order valence-electron chi connectivity index (χ1n) is 8.73. The van der Waals surface area contributed by atoms with Gasteiger partial charge in [-0.3, -0.25) is 9.78 Å². The molecule has 0 radical (unpaired) electrons. The molecule has 1 unspecified atom stereocenters. The summed E-state index contributed by atoms with van der Waals surface area (Å²) in [4.78, 5) is 16.2. The zero-order chi connectivity index (χ0) is 17.6. The number of nitrogens with zero attached hydrogens (tertiary/aromatic N) is 1. The molecule has 1 aromatic carbocycles. The van der Waals surface area contributed by atoms with Gasteiger partial charge in [0.15, 0.2) is 11.5 Å². The smallest absolute Gasteiger partial charge is 0.251 e. The highest BCUT2D eigenvalue weighted by molar-refractivity contribution is 5.94. The quantitative estimate of drug-likeness (QED) is 0.866. The van der Waals surface area contributed by atoms with Gasteiger partial charge < -0.3 is 14.8 Å². The normalized spacial score (nSPS) is 15.6. The summed E-state index contributed by atoms with van der Waals surface area (Å²) in [6.45, 7) is 1.95. The van der Waals surface area contributed by atoms with E-state index in [1.807, 2.05) is 25.1 Å². The van der Waals surface area contributed by atoms with Crippen LogP contribution in [0.4, 0.5) is 0 Å². The van der Waals surface area contributed by atoms with E-state index in [0.717, 1.165) is 24.2 Å². The molecule has 3 rings (SSSR count). The Balaban J connectivity index is 1.69. The first-order valence-corrected chi connectivity index (χ1v) is 8.73. The fourth-order valence-corrected chi connectivity index (χ4v) is 3.10. The SMILES string of the molecule is COc1cc(C(C)NC(=O)c2ccncc2)ccc1OC1CCCC1. The maximum Gasteiger partial charge on any atom is 0.251 e. The summed E-state index contributed by atoms with van der Waals surface area (Å²) < 4.78 is 11.6. The number of ether oxygens (including phenoxy) is 2. The van der Waals surface area contributed by atoms with Crippen molar-refractivity contribution in [3.05, 3.63) is 53.9 Å². The van der Waals surface area contributed by atoms with Crippen LogP contribution in [0.2, 0.25) is 0 Å². The Hall–Kier alpha value is -2.56. The highest BCUT2D eigenvalue weighted by atomic mass is 16.5. The molecule has 1 amide bonds. The molecule has 1 aromatic heterocycles. The maximum atomic E-state index is 12.3. The second-order valence-corrected chi connectivity index (χ2v) is 6.37. The summed E-state index contributed by atoms with van der Waals surface area (Å²) in [5, 5.41) is 2.99. The van der Waals surface area contributed by atoms with Crippen LogP contribution in [0.15, 0.2) is 42.7 Å². The van der Waals surface area contributed by atoms with E-state index in [2.05, 4.69) is 10.3 Å². The first-order chi connectivity index (χ1) is 12.2. The van der Waals surface area contributed by atoms with E-state index in [4.69, 9.17) is 9.47 Å². The lowest BCUT2D eigenvalue weighted by molar-refractivity contribution is 0.0939. The fourth-order valence-electron chi connectivity index (χ4n) is 3.10. The molecular weight excluding hydrogens is 316 g/mol. The van der Waals surface area contributed by atoms with Crippen molar-refractivity contribution in [2.45, 2.75) is 44.8 Å². The third-order valence-electron chi connectivity index (χ3n) is 4.57. The number of benzene rings is 1. The minimum absolute atomic E-state index is 0.125. The number of carbonyl (C=O) groups is 1. The van der Waals surface area contributed by atoms with Crippen LogP contribution in [0.25, 0.3) is 0 Å². The van der Waals surface area contributed by atoms with E-state index < -0.39 is 0 Å². The average Bonchev–Trinajstić information content (AvgIpc) is 3.15. The molecule has 2 aromatic rings. The van der Waals surface area contributed by atoms with Crippen LogP contribution in [0.3, 0.4) is 0 Å². The van der Waals surface area contributed by atoms with Crippen LogP contribution in [-0.2, 0) is 0 Å². The molecule has 0 bridgehead atoms. The van der Waals surface area contributed by atoms with Gasteiger partial charge in [-0.2, -0.15) is 0 Å². The van der Waals surface area contributed by atoms with Gasteiger partial charge in [0, 0.05) is 18.0 Å². The van der Waals surface area contributed by atoms with Gasteiger partial charge in [0.2, 0.25) is 0 Å². The van der Waals surface area contributed by atoms with E-state index in [1.165, 1.54) is 12.8 Å². The summed E-state index contributed by atoms with van der Waals surface area (Å²) in [6, 6.07) is 9.09. The molecule has 1 saturated carbocycles. The maximum absolute atomic E-state index is 12.3. The van der Waals surface area contributed by atoms with Crippen LogP contribution < -0.4 is 14.8 Å². The Morgan fingerprint density at radius 2 is 1.88 bits per heavy atom. The standard InChI is InChI=1S/C20H24N2O3/c1-14(22-20(23)15-9-11-21-12-10-15)16-7-8-18(19(13-16)24-2)25-17-5-3-4-6-17/h7-14,17H,3-6H2,1-2H3,(H,22,23). The highest BCUT2D eigenvalue weighted by Gasteiger charge is 2.19. The van der Waals surface area contributed by atoms with E-state index in [1.54, 1.807) is 31.6 Å². The number of pyridine rings is 1. The summed E-state index contributed by atoms with van der Waals surface area (Å²) in [5.41, 5.74) is 1.56. The van der Waals surface area contributed by atoms with E-state index in [-0.39, 0.29) is 18.1 Å². The topological polar surface area (TPSA) is 60.5 Å². The lowest BCUT2D eigenvalue weighted by Gasteiger charge is -2.19. The van der Waals surface area contributed by atoms with Crippen molar-refractivity contribution < 1.29 is 14.3 Å². The predicted octanol–water partition coefficient (Wildman–Crippen LogP) is 3.90. The molecular formula is C20H24N2O3. The Bertz CT molecular complexity index is 712. The summed E-state index contributed by atoms with van der Waals surface area (Å²) in [6.07, 6.45) is 8.15. The molecule has 1 N–H and O–H groups in total. The van der Waals surface area contributed by atoms with E-state index >= 15 is 0 Å². The van der Waals surface area contributed by atoms with Crippen molar-refractivity contribution >= 4 is 5.91 Å². The minimum Gasteiger partial charge on any atom is -0.493 e. The van der Waals surface area contributed by atoms with Crippen molar-refractivity contribution in [3.63, 3.8) is 0 Å². The minimum atomic E-state index is -0.143. The molecule has 0 spiro atoms. The van der Waals surface area contributed by atoms with Crippen molar-refractivity contribution in [1.29, 1.82) is 0 Å². The fraction of sp³-hybridized carbons (Fsp3) is 0.400. The van der Waals surface area contributed by atoms with Crippen LogP contribution in [0, 0.1) is 0 Å². The number of amides is 1. The summed E-state index contributed by atoms with van der Waals surface area (Å²) in [5.74, 6) is 1.35. The van der Waals surface area contributed by atoms with Crippen LogP contribution >= 0.6 is 0 Å². The molecule has 132 valence electrons. The summed E-state index contributed by atoms with van der Waals surface area (Å²) in [7, 11) is 1.64. The molecule has 1 fully saturated rings. The van der Waals surface area contributed by atoms with Crippen molar-refractivity contribution in [1.82, 2.24) is 10.3 Å². The monoisotopic (exact) mass is 340 g/mol. The van der Waals surface area contributed by atoms with Crippen molar-refractivity contribution in [3.8, 4) is 11.5 Å². The molecule has 0 aliphatic heterocycles. The predicted molar refractivity (Wildman–Crippen MR) is 96.0 cm³/mol. The molecule has 0 saturated heterocycles. The molecule has 5 heteroatoms. The second-order valence-electron chi connectivity index (χ2n) is 6.37. The van der Waals surface area contributed by atoms with Crippen LogP contribution in [-0.4, -0.2) is 24.1 Å². The number of carbonyl (C=O) groups excluding carboxylic acids is 1. The summed E-state index contributed by atoms with van der Waals surface area (Å²) >= 11 is 0. The molecule has 25 heavy (non-hydrogen) atoms. The number of hydrogen-bond acceptors (Lipinski definition) is 4. The third kappa shape index (κ3) is 4.29. The molecule has 1 aliphatic rings. The third-order valence-corrected chi connectivity index (χ3v) is 4.57. The number of hydrogen-bond donors (Lipinski definition) is 1. The number of rotatable bonds is 6. The van der Waals surface area contributed by atoms with Crippen LogP contribution in [0.5, 0.6) is 11.5 Å². The molecule has 1 heterocycles. The Morgan fingerprint density at radius 1 is 1.16 bits per heavy atom. The van der Waals surface area contributed by atoms with Crippen molar-refractivity contribution in [2.24, 2.45) is 0 Å². The van der Waals surface area contributed by atoms with E-state index in [9.17, 15) is 4.79 Å². The number of nitrogens with one attached hydrogen (secondary N) is 1. The van der Waals surface area contributed by atoms with Gasteiger partial charge in [0.1, 0.15) is 0 Å². The van der Waals surface area contributed by atoms with Crippen molar-refractivity contribution in [2.75, 3.05) is 7.11 Å². The molecule has 5 nitrogen and oxygen atoms in total. The van der Waals surface area contributed by atoms with Crippen LogP contribution in [0.1, 0.15) is 54.6 Å². The highest BCUT2D eigenvalue weighted by Crippen LogP contribution is 2.33. The van der Waals surface area contributed by atoms with Gasteiger partial charge in [0.05, 0.1) is 19.3 Å². The average molecular weight is 340 g/mol. The van der Waals surface area contributed by atoms with E-state index in [0.29, 0.717) is 11.3 Å². The molecule has 1 aliphatic carbocycles. The van der Waals surface area contributed by atoms with Gasteiger partial charge in [-0.25, -0.2) is 0 Å². The Labute approximate surface area is 148 Å². The lowest BCUT2D eigenvalue weighted by Crippen LogP contribution is -2.26. The van der Waals surface area contributed by atoms with Gasteiger partial charge in [-0.1, -0.05) is 6.07 Å². The largest absolute Gasteiger partial charge is 0.493 e. The van der Waals surface area contributed by atoms with Gasteiger partial charge in [-0.05, 0) is 62.4 Å². The molecule has 1 atom stereocenters. The lowest BCUT2D eigenvalue weighted by atomic mass is 10.1. The first kappa shape index (κ1) is 17.3. The zero-order valence-electron chi connectivity index (χ0n) is 14.7.